The number of carbonyl (C=O) groups excluding carboxylic acids is 2. The molecule has 0 aliphatic carbocycles. The molecule has 0 saturated carbocycles. The second-order valence-electron chi connectivity index (χ2n) is 4.66. The Morgan fingerprint density at radius 2 is 1.90 bits per heavy atom. The van der Waals surface area contributed by atoms with Crippen LogP contribution in [0, 0.1) is 13.8 Å². The fraction of sp³-hybridized carbons (Fsp3) is 0.188. The number of hydrogen-bond acceptors (Lipinski definition) is 4. The molecule has 5 nitrogen and oxygen atoms in total. The van der Waals surface area contributed by atoms with E-state index < -0.39 is 0 Å². The van der Waals surface area contributed by atoms with E-state index in [0.29, 0.717) is 23.4 Å². The van der Waals surface area contributed by atoms with Gasteiger partial charge in [0, 0.05) is 11.4 Å². The van der Waals surface area contributed by atoms with Crippen molar-refractivity contribution in [2.45, 2.75) is 13.8 Å². The largest absolute Gasteiger partial charge is 0.481 e. The molecule has 0 spiro atoms. The molecule has 0 bridgehead atoms. The van der Waals surface area contributed by atoms with Crippen LogP contribution < -0.4 is 10.1 Å². The molecule has 0 aliphatic rings. The van der Waals surface area contributed by atoms with Crippen molar-refractivity contribution in [1.82, 2.24) is 4.98 Å². The molecule has 1 amide bonds. The molecule has 21 heavy (non-hydrogen) atoms. The van der Waals surface area contributed by atoms with Gasteiger partial charge in [-0.15, -0.1) is 0 Å². The van der Waals surface area contributed by atoms with Gasteiger partial charge in [-0.05, 0) is 38.1 Å². The van der Waals surface area contributed by atoms with Crippen molar-refractivity contribution in [1.29, 1.82) is 0 Å². The summed E-state index contributed by atoms with van der Waals surface area (Å²) in [5, 5.41) is 2.72. The average molecular weight is 284 g/mol. The molecule has 2 aromatic rings. The predicted molar refractivity (Wildman–Crippen MR) is 79.7 cm³/mol. The van der Waals surface area contributed by atoms with E-state index in [1.54, 1.807) is 19.1 Å². The molecule has 2 rings (SSSR count). The number of hydrogen-bond donors (Lipinski definition) is 1. The smallest absolute Gasteiger partial charge is 0.262 e. The molecule has 0 fully saturated rings. The summed E-state index contributed by atoms with van der Waals surface area (Å²) in [4.78, 5) is 26.7. The summed E-state index contributed by atoms with van der Waals surface area (Å²) in [6, 6.07) is 10.8. The minimum Gasteiger partial charge on any atom is -0.481 e. The van der Waals surface area contributed by atoms with Gasteiger partial charge in [0.2, 0.25) is 0 Å². The maximum Gasteiger partial charge on any atom is 0.262 e. The Morgan fingerprint density at radius 3 is 2.57 bits per heavy atom. The zero-order valence-electron chi connectivity index (χ0n) is 11.9. The van der Waals surface area contributed by atoms with Crippen molar-refractivity contribution < 1.29 is 14.3 Å². The van der Waals surface area contributed by atoms with Crippen LogP contribution in [0.3, 0.4) is 0 Å². The van der Waals surface area contributed by atoms with Gasteiger partial charge in [-0.3, -0.25) is 9.59 Å². The van der Waals surface area contributed by atoms with E-state index in [-0.39, 0.29) is 18.2 Å². The Labute approximate surface area is 123 Å². The fourth-order valence-corrected chi connectivity index (χ4v) is 1.75. The lowest BCUT2D eigenvalue weighted by molar-refractivity contribution is -0.118. The number of rotatable bonds is 5. The van der Waals surface area contributed by atoms with Crippen LogP contribution in [-0.2, 0) is 4.79 Å². The van der Waals surface area contributed by atoms with Gasteiger partial charge in [-0.25, -0.2) is 4.98 Å². The second kappa shape index (κ2) is 6.65. The number of aryl methyl sites for hydroxylation is 2. The summed E-state index contributed by atoms with van der Waals surface area (Å²) < 4.78 is 5.33. The molecule has 0 aliphatic heterocycles. The molecule has 1 aromatic heterocycles. The van der Waals surface area contributed by atoms with Crippen molar-refractivity contribution in [3.63, 3.8) is 0 Å². The van der Waals surface area contributed by atoms with Crippen molar-refractivity contribution in [3.8, 4) is 5.75 Å². The fourth-order valence-electron chi connectivity index (χ4n) is 1.75. The van der Waals surface area contributed by atoms with Gasteiger partial charge in [0.15, 0.2) is 12.9 Å². The van der Waals surface area contributed by atoms with Crippen LogP contribution in [0.4, 0.5) is 5.69 Å². The zero-order chi connectivity index (χ0) is 15.2. The molecule has 0 atom stereocenters. The van der Waals surface area contributed by atoms with E-state index in [1.165, 1.54) is 0 Å². The summed E-state index contributed by atoms with van der Waals surface area (Å²) in [7, 11) is 0. The molecule has 5 heteroatoms. The number of benzene rings is 1. The van der Waals surface area contributed by atoms with Crippen LogP contribution in [0.1, 0.15) is 21.7 Å². The van der Waals surface area contributed by atoms with Gasteiger partial charge in [0.1, 0.15) is 11.4 Å². The Hall–Kier alpha value is -2.69. The number of nitrogens with one attached hydrogen (secondary N) is 1. The highest BCUT2D eigenvalue weighted by atomic mass is 16.5. The average Bonchev–Trinajstić information content (AvgIpc) is 2.48. The van der Waals surface area contributed by atoms with Crippen LogP contribution in [0.2, 0.25) is 0 Å². The van der Waals surface area contributed by atoms with E-state index in [4.69, 9.17) is 4.74 Å². The number of carbonyl (C=O) groups is 2. The first-order chi connectivity index (χ1) is 10.1. The van der Waals surface area contributed by atoms with Gasteiger partial charge >= 0.3 is 0 Å². The standard InChI is InChI=1S/C16H16N2O3/c1-11-3-6-13(7-4-11)18-16(20)10-21-15-8-5-12(2)17-14(15)9-19/h3-9H,10H2,1-2H3,(H,18,20). The predicted octanol–water partition coefficient (Wildman–Crippen LogP) is 2.53. The number of amides is 1. The van der Waals surface area contributed by atoms with Crippen molar-refractivity contribution in [2.75, 3.05) is 11.9 Å². The topological polar surface area (TPSA) is 68.3 Å². The molecule has 1 N–H and O–H groups in total. The first-order valence-electron chi connectivity index (χ1n) is 6.50. The maximum atomic E-state index is 11.8. The summed E-state index contributed by atoms with van der Waals surface area (Å²) in [6.45, 7) is 3.57. The molecule has 1 heterocycles. The second-order valence-corrected chi connectivity index (χ2v) is 4.66. The summed E-state index contributed by atoms with van der Waals surface area (Å²) in [5.74, 6) is 0.00549. The van der Waals surface area contributed by atoms with Crippen molar-refractivity contribution >= 4 is 17.9 Å². The monoisotopic (exact) mass is 284 g/mol. The number of pyridine rings is 1. The lowest BCUT2D eigenvalue weighted by Crippen LogP contribution is -2.20. The SMILES string of the molecule is Cc1ccc(NC(=O)COc2ccc(C)nc2C=O)cc1. The Balaban J connectivity index is 1.95. The molecule has 0 unspecified atom stereocenters. The van der Waals surface area contributed by atoms with E-state index in [0.717, 1.165) is 5.56 Å². The van der Waals surface area contributed by atoms with Crippen molar-refractivity contribution in [2.24, 2.45) is 0 Å². The van der Waals surface area contributed by atoms with Crippen LogP contribution >= 0.6 is 0 Å². The lowest BCUT2D eigenvalue weighted by Gasteiger charge is -2.09. The van der Waals surface area contributed by atoms with Crippen LogP contribution in [-0.4, -0.2) is 23.8 Å². The van der Waals surface area contributed by atoms with Gasteiger partial charge in [-0.1, -0.05) is 17.7 Å². The van der Waals surface area contributed by atoms with Crippen LogP contribution in [0.5, 0.6) is 5.75 Å². The van der Waals surface area contributed by atoms with E-state index in [2.05, 4.69) is 10.3 Å². The van der Waals surface area contributed by atoms with Gasteiger partial charge in [-0.2, -0.15) is 0 Å². The highest BCUT2D eigenvalue weighted by molar-refractivity contribution is 5.92. The first-order valence-corrected chi connectivity index (χ1v) is 6.50. The maximum absolute atomic E-state index is 11.8. The minimum absolute atomic E-state index is 0.181. The molecular weight excluding hydrogens is 268 g/mol. The van der Waals surface area contributed by atoms with E-state index >= 15 is 0 Å². The van der Waals surface area contributed by atoms with Gasteiger partial charge in [0.25, 0.3) is 5.91 Å². The number of ether oxygens (including phenoxy) is 1. The van der Waals surface area contributed by atoms with Crippen LogP contribution in [0.15, 0.2) is 36.4 Å². The first kappa shape index (κ1) is 14.7. The Morgan fingerprint density at radius 1 is 1.19 bits per heavy atom. The molecule has 1 aromatic carbocycles. The highest BCUT2D eigenvalue weighted by Gasteiger charge is 2.08. The third kappa shape index (κ3) is 4.14. The number of aldehydes is 1. The van der Waals surface area contributed by atoms with Crippen molar-refractivity contribution in [3.05, 3.63) is 53.3 Å². The zero-order valence-corrected chi connectivity index (χ0v) is 11.9. The molecule has 0 saturated heterocycles. The lowest BCUT2D eigenvalue weighted by atomic mass is 10.2. The number of aromatic nitrogens is 1. The van der Waals surface area contributed by atoms with E-state index in [1.807, 2.05) is 31.2 Å². The third-order valence-electron chi connectivity index (χ3n) is 2.83. The highest BCUT2D eigenvalue weighted by Crippen LogP contribution is 2.15. The quantitative estimate of drug-likeness (QED) is 0.857. The molecular formula is C16H16N2O3. The minimum atomic E-state index is -0.295. The Kier molecular flexibility index (Phi) is 4.66. The summed E-state index contributed by atoms with van der Waals surface area (Å²) >= 11 is 0. The third-order valence-corrected chi connectivity index (χ3v) is 2.83. The molecule has 108 valence electrons. The Bertz CT molecular complexity index is 651. The normalized spacial score (nSPS) is 10.0. The van der Waals surface area contributed by atoms with Gasteiger partial charge < -0.3 is 10.1 Å². The number of nitrogens with zero attached hydrogens (tertiary/aromatic N) is 1. The summed E-state index contributed by atoms with van der Waals surface area (Å²) in [6.07, 6.45) is 0.611. The van der Waals surface area contributed by atoms with Gasteiger partial charge in [0.05, 0.1) is 0 Å². The van der Waals surface area contributed by atoms with E-state index in [9.17, 15) is 9.59 Å². The van der Waals surface area contributed by atoms with Crippen LogP contribution in [0.25, 0.3) is 0 Å². The number of anilines is 1. The summed E-state index contributed by atoms with van der Waals surface area (Å²) in [5.41, 5.74) is 2.73. The molecule has 0 radical (unpaired) electrons.